The molecule has 20 atom stereocenters. The number of halogens is 3. The Labute approximate surface area is 517 Å². The SMILES string of the molecule is C.Cc1ncnc2c1ncn2[C@@H]1O[C@@H]2COP(O)(=S)O[C@H]3[C@@H](F)[C@H](n4cnc5c(N)ncnc54)O[C@@H]3COP(=O)(S)O[C@@H]1[C@H]2F.Nc1ncnc2c1ncn2[C@@H]1O[C@@H]2COP(O)(=S)O[C@@H]3[C@@H](F)[C@@H](COP(O)(=S)O[C@H]2[C@H]1O)O[C@H]3n1cnc2c(N)ncnc21. The number of imidazole rings is 4. The first-order chi connectivity index (χ1) is 41.8. The lowest BCUT2D eigenvalue weighted by molar-refractivity contribution is -0.0604. The maximum absolute atomic E-state index is 16.0. The van der Waals surface area contributed by atoms with Crippen molar-refractivity contribution in [3.63, 3.8) is 0 Å². The molecule has 6 fully saturated rings. The summed E-state index contributed by atoms with van der Waals surface area (Å²) >= 11 is 19.6. The molecule has 4 bridgehead atoms. The van der Waals surface area contributed by atoms with Gasteiger partial charge in [-0.05, 0) is 42.3 Å². The van der Waals surface area contributed by atoms with Gasteiger partial charge >= 0.3 is 27.0 Å². The average molecular weight is 1400 g/mol. The van der Waals surface area contributed by atoms with Crippen LogP contribution < -0.4 is 17.2 Å². The number of aryl methyl sites for hydroxylation is 1. The molecule has 14 rings (SSSR count). The van der Waals surface area contributed by atoms with Crippen LogP contribution in [0.25, 0.3) is 44.7 Å². The number of thiol groups is 1. The number of anilines is 3. The Morgan fingerprint density at radius 2 is 0.831 bits per heavy atom. The zero-order chi connectivity index (χ0) is 61.9. The van der Waals surface area contributed by atoms with Crippen LogP contribution in [0, 0.1) is 6.92 Å². The molecule has 8 aromatic heterocycles. The molecular weight excluding hydrogens is 1350 g/mol. The van der Waals surface area contributed by atoms with E-state index in [2.05, 4.69) is 72.1 Å². The molecule has 0 spiro atoms. The van der Waals surface area contributed by atoms with Crippen LogP contribution in [-0.2, 0) is 95.1 Å². The molecule has 36 nitrogen and oxygen atoms in total. The lowest BCUT2D eigenvalue weighted by Gasteiger charge is -2.28. The molecule has 0 saturated carbocycles. The monoisotopic (exact) mass is 1400 g/mol. The topological polar surface area (TPSA) is 461 Å². The molecule has 8 aromatic rings. The van der Waals surface area contributed by atoms with Gasteiger partial charge < -0.3 is 69.5 Å². The number of nitrogens with zero attached hydrogens (tertiary/aromatic N) is 16. The number of aromatic nitrogens is 16. The van der Waals surface area contributed by atoms with Crippen molar-refractivity contribution < 1.29 is 92.7 Å². The first kappa shape index (κ1) is 64.4. The first-order valence-corrected chi connectivity index (χ1v) is 36.1. The summed E-state index contributed by atoms with van der Waals surface area (Å²) in [6, 6.07) is 0. The Balaban J connectivity index is 0.000000171. The van der Waals surface area contributed by atoms with Crippen molar-refractivity contribution in [1.82, 2.24) is 78.1 Å². The Morgan fingerprint density at radius 1 is 0.483 bits per heavy atom. The standard InChI is InChI=1S/C21H23F2N9O8P2S2.C20H23FN10O9P2S2.CH4/c1-8-13-18(27-4-25-8)32(6-29-13)21-16-11(22)9(37-21)2-35-41(33,43)39-15-10(3-36-42(34,44)40-16)38-20(12(15)23)31-7-30-14-17(24)26-5-28-19(14)31;21-9-7-1-35-41(33,43)39-13-8(38-19(12(13)32)30-5-28-10-15(22)24-3-26-17(10)30)2-36-42(34,44)40-14(9)20(37-7)31-6-29-11-16(23)25-4-27-18(11)31;/h4-7,9-12,15-16,20-21H,2-3H2,1H3,(H,33,43)(H,34,44)(H2,24,26,28);3-9,12-14,19-20,32H,1-2H2,(H,33,43)(H,34,44)(H2,22,24,26)(H2,23,25,27);1H4/t9-,10-,11+,12-,15-,16-,20-,21-,41?,42?;7-,8-,9+,12-,13-,14-,19-,20-,41?,42?;/m11./s1. The number of aliphatic hydroxyl groups is 1. The number of hydrogen-bond acceptors (Lipinski definition) is 32. The number of nitrogen functional groups attached to an aromatic ring is 3. The number of fused-ring (bicyclic) bond motifs is 10. The van der Waals surface area contributed by atoms with Crippen molar-refractivity contribution >= 4 is 137 Å². The van der Waals surface area contributed by atoms with E-state index in [1.165, 1.54) is 68.9 Å². The molecule has 0 aromatic carbocycles. The number of rotatable bonds is 4. The predicted molar refractivity (Wildman–Crippen MR) is 312 cm³/mol. The minimum absolute atomic E-state index is 0. The smallest absolute Gasteiger partial charge is 0.386 e. The van der Waals surface area contributed by atoms with Crippen LogP contribution in [-0.4, -0.2) is 198 Å². The predicted octanol–water partition coefficient (Wildman–Crippen LogP) is 2.31. The van der Waals surface area contributed by atoms with Crippen LogP contribution in [0.3, 0.4) is 0 Å². The molecule has 4 unspecified atom stereocenters. The van der Waals surface area contributed by atoms with Gasteiger partial charge in [0.15, 0.2) is 83.5 Å². The normalized spacial score (nSPS) is 37.9. The second-order valence-corrected chi connectivity index (χ2v) is 31.2. The lowest BCUT2D eigenvalue weighted by Crippen LogP contribution is -2.36. The summed E-state index contributed by atoms with van der Waals surface area (Å²) in [6.45, 7) is -17.8. The number of ether oxygens (including phenoxy) is 4. The Morgan fingerprint density at radius 3 is 1.33 bits per heavy atom. The van der Waals surface area contributed by atoms with E-state index in [0.717, 1.165) is 0 Å². The van der Waals surface area contributed by atoms with Crippen molar-refractivity contribution in [3.8, 4) is 0 Å². The van der Waals surface area contributed by atoms with E-state index in [0.29, 0.717) is 11.2 Å². The van der Waals surface area contributed by atoms with Gasteiger partial charge in [0.25, 0.3) is 0 Å². The number of alkyl halides is 3. The van der Waals surface area contributed by atoms with Gasteiger partial charge in [0.05, 0.1) is 57.4 Å². The maximum atomic E-state index is 16.0. The largest absolute Gasteiger partial charge is 0.386 e. The first-order valence-electron chi connectivity index (χ1n) is 25.6. The van der Waals surface area contributed by atoms with Crippen LogP contribution in [0.4, 0.5) is 30.6 Å². The highest BCUT2D eigenvalue weighted by atomic mass is 32.7. The van der Waals surface area contributed by atoms with Crippen LogP contribution in [0.2, 0.25) is 0 Å². The lowest BCUT2D eigenvalue weighted by atomic mass is 10.1. The molecule has 480 valence electrons. The van der Waals surface area contributed by atoms with Crippen LogP contribution in [0.5, 0.6) is 0 Å². The second-order valence-electron chi connectivity index (χ2n) is 20.0. The van der Waals surface area contributed by atoms with Gasteiger partial charge in [0.1, 0.15) is 102 Å². The molecule has 14 heterocycles. The summed E-state index contributed by atoms with van der Waals surface area (Å²) in [4.78, 5) is 81.9. The van der Waals surface area contributed by atoms with E-state index in [4.69, 9.17) is 108 Å². The quantitative estimate of drug-likeness (QED) is 0.0925. The summed E-state index contributed by atoms with van der Waals surface area (Å²) in [7, 11) is 0. The number of nitrogens with two attached hydrogens (primary N) is 3. The van der Waals surface area contributed by atoms with E-state index < -0.39 is 152 Å². The highest BCUT2D eigenvalue weighted by Crippen LogP contribution is 2.60. The number of aliphatic hydroxyl groups excluding tert-OH is 1. The van der Waals surface area contributed by atoms with E-state index in [9.17, 15) is 24.4 Å². The summed E-state index contributed by atoms with van der Waals surface area (Å²) in [5.74, 6) is 0.231. The van der Waals surface area contributed by atoms with Gasteiger partial charge in [0, 0.05) is 0 Å². The molecule has 0 aliphatic carbocycles. The fraction of sp³-hybridized carbons (Fsp3) is 0.524. The molecule has 47 heteroatoms. The summed E-state index contributed by atoms with van der Waals surface area (Å²) in [5, 5.41) is 11.3. The third-order valence-electron chi connectivity index (χ3n) is 14.5. The van der Waals surface area contributed by atoms with Gasteiger partial charge in [-0.1, -0.05) is 19.7 Å². The fourth-order valence-electron chi connectivity index (χ4n) is 10.5. The third-order valence-corrected chi connectivity index (χ3v) is 20.8. The van der Waals surface area contributed by atoms with Gasteiger partial charge in [-0.25, -0.2) is 77.5 Å². The zero-order valence-corrected chi connectivity index (χ0v) is 51.2. The molecular formula is C42H50F3N19O17P4S4. The Bertz CT molecular complexity index is 3940. The molecule has 6 aliphatic heterocycles. The molecule has 0 amide bonds. The molecule has 6 saturated heterocycles. The summed E-state index contributed by atoms with van der Waals surface area (Å²) < 4.78 is 135. The molecule has 10 N–H and O–H groups in total. The second kappa shape index (κ2) is 24.6. The number of hydrogen-bond donors (Lipinski definition) is 8. The van der Waals surface area contributed by atoms with E-state index in [-0.39, 0.29) is 64.0 Å². The van der Waals surface area contributed by atoms with Gasteiger partial charge in [0.2, 0.25) is 0 Å². The van der Waals surface area contributed by atoms with E-state index in [1.807, 2.05) is 0 Å². The minimum atomic E-state index is -4.40. The fourth-order valence-corrected chi connectivity index (χ4v) is 16.2. The molecule has 0 radical (unpaired) electrons. The van der Waals surface area contributed by atoms with Crippen molar-refractivity contribution in [2.45, 2.75) is 113 Å². The van der Waals surface area contributed by atoms with Crippen molar-refractivity contribution in [1.29, 1.82) is 0 Å². The van der Waals surface area contributed by atoms with Crippen LogP contribution in [0.1, 0.15) is 38.0 Å². The average Bonchev–Trinajstić information content (AvgIpc) is 1.82. The van der Waals surface area contributed by atoms with E-state index >= 15 is 13.2 Å². The molecule has 89 heavy (non-hydrogen) atoms. The Kier molecular flexibility index (Phi) is 17.8. The van der Waals surface area contributed by atoms with Crippen LogP contribution >= 0.6 is 39.2 Å². The van der Waals surface area contributed by atoms with Gasteiger partial charge in [-0.2, -0.15) is 0 Å². The van der Waals surface area contributed by atoms with Crippen molar-refractivity contribution in [3.05, 3.63) is 56.3 Å². The summed E-state index contributed by atoms with van der Waals surface area (Å²) in [5.41, 5.74) is 20.1. The van der Waals surface area contributed by atoms with E-state index in [1.54, 1.807) is 6.92 Å². The van der Waals surface area contributed by atoms with Crippen LogP contribution in [0.15, 0.2) is 50.6 Å². The van der Waals surface area contributed by atoms with Crippen molar-refractivity contribution in [2.24, 2.45) is 0 Å². The minimum Gasteiger partial charge on any atom is -0.386 e. The maximum Gasteiger partial charge on any atom is 0.386 e. The third kappa shape index (κ3) is 12.3. The van der Waals surface area contributed by atoms with Crippen molar-refractivity contribution in [2.75, 3.05) is 43.6 Å². The zero-order valence-electron chi connectivity index (χ0n) is 44.3. The highest BCUT2D eigenvalue weighted by molar-refractivity contribution is 8.44. The highest BCUT2D eigenvalue weighted by Gasteiger charge is 2.56. The van der Waals surface area contributed by atoms with Gasteiger partial charge in [-0.3, -0.25) is 40.9 Å². The molecule has 6 aliphatic rings. The Hall–Kier alpha value is -4.72. The van der Waals surface area contributed by atoms with Gasteiger partial charge in [-0.15, -0.1) is 0 Å². The summed E-state index contributed by atoms with van der Waals surface area (Å²) in [6.07, 6.45) is -14.1.